The lowest BCUT2D eigenvalue weighted by atomic mass is 9.79. The van der Waals surface area contributed by atoms with E-state index in [1.165, 1.54) is 24.1 Å². The molecule has 0 fully saturated rings. The Morgan fingerprint density at radius 2 is 2.00 bits per heavy atom. The van der Waals surface area contributed by atoms with Gasteiger partial charge in [0.15, 0.2) is 0 Å². The maximum atomic E-state index is 4.47. The van der Waals surface area contributed by atoms with Crippen molar-refractivity contribution in [2.45, 2.75) is 58.8 Å². The third-order valence-corrected chi connectivity index (χ3v) is 3.40. The van der Waals surface area contributed by atoms with Crippen molar-refractivity contribution in [3.8, 4) is 0 Å². The van der Waals surface area contributed by atoms with Gasteiger partial charge in [-0.25, -0.2) is 0 Å². The van der Waals surface area contributed by atoms with E-state index in [1.807, 2.05) is 3.97 Å². The zero-order chi connectivity index (χ0) is 11.6. The molecule has 1 nitrogen and oxygen atoms in total. The highest BCUT2D eigenvalue weighted by molar-refractivity contribution is 7.78. The Morgan fingerprint density at radius 1 is 1.40 bits per heavy atom. The van der Waals surface area contributed by atoms with Crippen LogP contribution in [0.1, 0.15) is 64.6 Å². The van der Waals surface area contributed by atoms with Gasteiger partial charge in [0, 0.05) is 11.9 Å². The summed E-state index contributed by atoms with van der Waals surface area (Å²) >= 11 is 4.47. The van der Waals surface area contributed by atoms with Crippen LogP contribution in [0.15, 0.2) is 12.3 Å². The molecule has 1 heterocycles. The molecule has 0 saturated carbocycles. The molecule has 0 radical (unpaired) electrons. The van der Waals surface area contributed by atoms with E-state index in [2.05, 4.69) is 59.7 Å². The maximum Gasteiger partial charge on any atom is 0.0353 e. The predicted molar refractivity (Wildman–Crippen MR) is 70.8 cm³/mol. The average Bonchev–Trinajstić information content (AvgIpc) is 2.47. The first-order chi connectivity index (χ1) is 6.90. The zero-order valence-corrected chi connectivity index (χ0v) is 11.4. The Bertz CT molecular complexity index is 323. The Kier molecular flexibility index (Phi) is 3.93. The van der Waals surface area contributed by atoms with Gasteiger partial charge in [0.25, 0.3) is 0 Å². The summed E-state index contributed by atoms with van der Waals surface area (Å²) in [5.74, 6) is 0.531. The smallest absolute Gasteiger partial charge is 0.0353 e. The Labute approximate surface area is 99.4 Å². The van der Waals surface area contributed by atoms with E-state index in [0.29, 0.717) is 5.92 Å². The number of hydrogen-bond donors (Lipinski definition) is 1. The average molecular weight is 225 g/mol. The van der Waals surface area contributed by atoms with E-state index in [1.54, 1.807) is 0 Å². The highest BCUT2D eigenvalue weighted by Gasteiger charge is 2.25. The number of rotatable bonds is 4. The first-order valence-corrected chi connectivity index (χ1v) is 6.21. The highest BCUT2D eigenvalue weighted by atomic mass is 32.1. The second-order valence-corrected chi connectivity index (χ2v) is 5.68. The van der Waals surface area contributed by atoms with Crippen molar-refractivity contribution in [1.82, 2.24) is 3.97 Å². The summed E-state index contributed by atoms with van der Waals surface area (Å²) < 4.78 is 1.97. The summed E-state index contributed by atoms with van der Waals surface area (Å²) in [5, 5.41) is 0. The van der Waals surface area contributed by atoms with Gasteiger partial charge in [-0.1, -0.05) is 53.9 Å². The van der Waals surface area contributed by atoms with E-state index >= 15 is 0 Å². The van der Waals surface area contributed by atoms with Crippen molar-refractivity contribution < 1.29 is 0 Å². The van der Waals surface area contributed by atoms with Crippen LogP contribution in [0.4, 0.5) is 0 Å². The quantitative estimate of drug-likeness (QED) is 0.726. The van der Waals surface area contributed by atoms with E-state index in [-0.39, 0.29) is 5.41 Å². The van der Waals surface area contributed by atoms with Crippen LogP contribution in [0.5, 0.6) is 0 Å². The second-order valence-electron chi connectivity index (χ2n) is 5.25. The van der Waals surface area contributed by atoms with Gasteiger partial charge in [-0.3, -0.25) is 3.97 Å². The van der Waals surface area contributed by atoms with Crippen LogP contribution in [0.2, 0.25) is 0 Å². The molecule has 2 heteroatoms. The van der Waals surface area contributed by atoms with E-state index < -0.39 is 0 Å². The molecule has 0 atom stereocenters. The minimum Gasteiger partial charge on any atom is -0.298 e. The van der Waals surface area contributed by atoms with Gasteiger partial charge < -0.3 is 0 Å². The number of hydrogen-bond acceptors (Lipinski definition) is 1. The molecule has 0 saturated heterocycles. The Hall–Kier alpha value is -0.370. The lowest BCUT2D eigenvalue weighted by Gasteiger charge is -2.26. The lowest BCUT2D eigenvalue weighted by molar-refractivity contribution is 0.466. The second kappa shape index (κ2) is 4.65. The van der Waals surface area contributed by atoms with Gasteiger partial charge in [0.1, 0.15) is 0 Å². The van der Waals surface area contributed by atoms with Crippen LogP contribution in [0, 0.1) is 0 Å². The number of aromatic nitrogens is 1. The third kappa shape index (κ3) is 2.60. The molecule has 1 aromatic rings. The largest absolute Gasteiger partial charge is 0.298 e. The molecular formula is C13H23NS. The standard InChI is InChI=1S/C13H23NS/c1-6-8-13(4,5)11-7-9-14(15)12(11)10(2)3/h7,9-10,15H,6,8H2,1-5H3. The minimum atomic E-state index is 0.266. The van der Waals surface area contributed by atoms with Gasteiger partial charge in [0.2, 0.25) is 0 Å². The van der Waals surface area contributed by atoms with Gasteiger partial charge in [-0.2, -0.15) is 0 Å². The summed E-state index contributed by atoms with van der Waals surface area (Å²) in [6.45, 7) is 11.4. The molecule has 0 unspecified atom stereocenters. The first-order valence-electron chi connectivity index (χ1n) is 5.81. The fourth-order valence-corrected chi connectivity index (χ4v) is 2.75. The molecule has 0 spiro atoms. The SMILES string of the molecule is CCCC(C)(C)c1ccn(S)c1C(C)C. The molecular weight excluding hydrogens is 202 g/mol. The van der Waals surface area contributed by atoms with Crippen LogP contribution >= 0.6 is 12.8 Å². The minimum absolute atomic E-state index is 0.266. The van der Waals surface area contributed by atoms with Gasteiger partial charge in [-0.15, -0.1) is 0 Å². The van der Waals surface area contributed by atoms with Crippen LogP contribution in [0.3, 0.4) is 0 Å². The fraction of sp³-hybridized carbons (Fsp3) is 0.692. The van der Waals surface area contributed by atoms with Gasteiger partial charge in [0.05, 0.1) is 0 Å². The Morgan fingerprint density at radius 3 is 2.47 bits per heavy atom. The molecule has 1 rings (SSSR count). The molecule has 1 aromatic heterocycles. The van der Waals surface area contributed by atoms with Crippen molar-refractivity contribution >= 4 is 12.8 Å². The fourth-order valence-electron chi connectivity index (χ4n) is 2.34. The van der Waals surface area contributed by atoms with Crippen LogP contribution < -0.4 is 0 Å². The summed E-state index contributed by atoms with van der Waals surface area (Å²) in [6, 6.07) is 2.22. The first kappa shape index (κ1) is 12.7. The molecule has 86 valence electrons. The van der Waals surface area contributed by atoms with E-state index in [9.17, 15) is 0 Å². The highest BCUT2D eigenvalue weighted by Crippen LogP contribution is 2.35. The third-order valence-electron chi connectivity index (χ3n) is 3.06. The predicted octanol–water partition coefficient (Wildman–Crippen LogP) is 4.38. The number of thiol groups is 1. The monoisotopic (exact) mass is 225 g/mol. The van der Waals surface area contributed by atoms with E-state index in [4.69, 9.17) is 0 Å². The topological polar surface area (TPSA) is 4.93 Å². The van der Waals surface area contributed by atoms with E-state index in [0.717, 1.165) is 0 Å². The zero-order valence-electron chi connectivity index (χ0n) is 10.5. The van der Waals surface area contributed by atoms with Gasteiger partial charge in [-0.05, 0) is 29.4 Å². The summed E-state index contributed by atoms with van der Waals surface area (Å²) in [6.07, 6.45) is 4.51. The lowest BCUT2D eigenvalue weighted by Crippen LogP contribution is -2.18. The summed E-state index contributed by atoms with van der Waals surface area (Å²) in [7, 11) is 0. The number of nitrogens with zero attached hydrogens (tertiary/aromatic N) is 1. The van der Waals surface area contributed by atoms with Crippen molar-refractivity contribution in [2.75, 3.05) is 0 Å². The molecule has 15 heavy (non-hydrogen) atoms. The van der Waals surface area contributed by atoms with Crippen LogP contribution in [-0.2, 0) is 5.41 Å². The molecule has 0 aliphatic rings. The normalized spacial score (nSPS) is 12.5. The van der Waals surface area contributed by atoms with Crippen LogP contribution in [-0.4, -0.2) is 3.97 Å². The summed E-state index contributed by atoms with van der Waals surface area (Å²) in [4.78, 5) is 0. The summed E-state index contributed by atoms with van der Waals surface area (Å²) in [5.41, 5.74) is 3.08. The molecule has 0 bridgehead atoms. The van der Waals surface area contributed by atoms with Crippen molar-refractivity contribution in [2.24, 2.45) is 0 Å². The van der Waals surface area contributed by atoms with Crippen molar-refractivity contribution in [3.05, 3.63) is 23.5 Å². The molecule has 0 aromatic carbocycles. The van der Waals surface area contributed by atoms with Gasteiger partial charge >= 0.3 is 0 Å². The molecule has 0 amide bonds. The molecule has 0 aliphatic heterocycles. The maximum absolute atomic E-state index is 4.47. The Balaban J connectivity index is 3.14. The molecule has 0 aliphatic carbocycles. The van der Waals surface area contributed by atoms with Crippen molar-refractivity contribution in [1.29, 1.82) is 0 Å². The van der Waals surface area contributed by atoms with Crippen molar-refractivity contribution in [3.63, 3.8) is 0 Å². The van der Waals surface area contributed by atoms with Crippen LogP contribution in [0.25, 0.3) is 0 Å². The molecule has 0 N–H and O–H groups in total.